The molecular weight excluding hydrogens is 330 g/mol. The number of carbonyl (C=O) groups excluding carboxylic acids is 1. The Morgan fingerprint density at radius 3 is 3.00 bits per heavy atom. The van der Waals surface area contributed by atoms with Gasteiger partial charge in [-0.1, -0.05) is 0 Å². The molecule has 0 aliphatic carbocycles. The van der Waals surface area contributed by atoms with E-state index in [1.54, 1.807) is 23.2 Å². The number of nitrogens with one attached hydrogen (secondary N) is 1. The number of carboxylic acids is 1. The molecule has 20 heavy (non-hydrogen) atoms. The Kier molecular flexibility index (Phi) is 5.05. The molecule has 1 aromatic heterocycles. The quantitative estimate of drug-likeness (QED) is 0.830. The van der Waals surface area contributed by atoms with Gasteiger partial charge in [-0.15, -0.1) is 0 Å². The molecule has 1 unspecified atom stereocenters. The Bertz CT molecular complexity index is 494. The first kappa shape index (κ1) is 14.9. The summed E-state index contributed by atoms with van der Waals surface area (Å²) in [6, 6.07) is 2.64. The molecule has 1 fully saturated rings. The largest absolute Gasteiger partial charge is 0.480 e. The molecule has 0 bridgehead atoms. The van der Waals surface area contributed by atoms with E-state index in [0.29, 0.717) is 19.0 Å². The van der Waals surface area contributed by atoms with E-state index in [0.717, 1.165) is 4.47 Å². The number of aromatic nitrogens is 1. The number of carbonyl (C=O) groups is 2. The maximum Gasteiger partial charge on any atom is 0.323 e. The van der Waals surface area contributed by atoms with Crippen LogP contribution in [0.2, 0.25) is 0 Å². The fourth-order valence-electron chi connectivity index (χ4n) is 1.87. The number of carboxylic acid groups (broad SMARTS) is 1. The van der Waals surface area contributed by atoms with Crippen molar-refractivity contribution in [2.45, 2.75) is 6.04 Å². The molecule has 1 aliphatic heterocycles. The van der Waals surface area contributed by atoms with Crippen LogP contribution >= 0.6 is 15.9 Å². The van der Waals surface area contributed by atoms with Gasteiger partial charge in [-0.2, -0.15) is 0 Å². The minimum absolute atomic E-state index is 0.00191. The van der Waals surface area contributed by atoms with Gasteiger partial charge in [-0.3, -0.25) is 14.5 Å². The van der Waals surface area contributed by atoms with Crippen molar-refractivity contribution in [1.82, 2.24) is 9.88 Å². The third kappa shape index (κ3) is 3.99. The van der Waals surface area contributed by atoms with Crippen LogP contribution in [0.3, 0.4) is 0 Å². The second kappa shape index (κ2) is 6.78. The van der Waals surface area contributed by atoms with Gasteiger partial charge in [0.15, 0.2) is 0 Å². The van der Waals surface area contributed by atoms with Gasteiger partial charge in [0.1, 0.15) is 11.9 Å². The Hall–Kier alpha value is -1.51. The topological polar surface area (TPSA) is 91.8 Å². The highest BCUT2D eigenvalue weighted by Gasteiger charge is 2.30. The molecule has 0 spiro atoms. The molecular formula is C12H14BrN3O4. The minimum Gasteiger partial charge on any atom is -0.480 e. The molecule has 0 saturated carbocycles. The lowest BCUT2D eigenvalue weighted by molar-refractivity contribution is -0.150. The Balaban J connectivity index is 1.92. The number of ether oxygens (including phenoxy) is 1. The number of nitrogens with zero attached hydrogens (tertiary/aromatic N) is 2. The van der Waals surface area contributed by atoms with Crippen molar-refractivity contribution < 1.29 is 19.4 Å². The molecule has 8 heteroatoms. The molecule has 1 amide bonds. The zero-order chi connectivity index (χ0) is 14.5. The predicted molar refractivity (Wildman–Crippen MR) is 74.4 cm³/mol. The number of pyridine rings is 1. The number of anilines is 1. The maximum absolute atomic E-state index is 11.9. The van der Waals surface area contributed by atoms with E-state index in [1.165, 1.54) is 0 Å². The van der Waals surface area contributed by atoms with Crippen molar-refractivity contribution in [3.8, 4) is 0 Å². The summed E-state index contributed by atoms with van der Waals surface area (Å²) >= 11 is 3.25. The molecule has 108 valence electrons. The lowest BCUT2D eigenvalue weighted by Crippen LogP contribution is -2.52. The molecule has 1 aromatic rings. The Morgan fingerprint density at radius 1 is 1.55 bits per heavy atom. The average Bonchev–Trinajstić information content (AvgIpc) is 2.41. The smallest absolute Gasteiger partial charge is 0.323 e. The molecule has 1 saturated heterocycles. The van der Waals surface area contributed by atoms with Crippen LogP contribution in [0.15, 0.2) is 22.8 Å². The van der Waals surface area contributed by atoms with Crippen LogP contribution in [0, 0.1) is 0 Å². The molecule has 7 nitrogen and oxygen atoms in total. The van der Waals surface area contributed by atoms with E-state index in [-0.39, 0.29) is 19.1 Å². The van der Waals surface area contributed by atoms with E-state index < -0.39 is 12.0 Å². The highest BCUT2D eigenvalue weighted by Crippen LogP contribution is 2.11. The number of halogens is 1. The monoisotopic (exact) mass is 343 g/mol. The summed E-state index contributed by atoms with van der Waals surface area (Å²) in [5, 5.41) is 11.7. The lowest BCUT2D eigenvalue weighted by atomic mass is 10.2. The van der Waals surface area contributed by atoms with Crippen LogP contribution in [0.1, 0.15) is 0 Å². The number of aliphatic carboxylic acids is 1. The number of morpholine rings is 1. The third-order valence-corrected chi connectivity index (χ3v) is 3.34. The maximum atomic E-state index is 11.9. The fourth-order valence-corrected chi connectivity index (χ4v) is 2.11. The van der Waals surface area contributed by atoms with Crippen LogP contribution in [0.25, 0.3) is 0 Å². The molecule has 1 aliphatic rings. The lowest BCUT2D eigenvalue weighted by Gasteiger charge is -2.31. The van der Waals surface area contributed by atoms with E-state index >= 15 is 0 Å². The molecule has 0 aromatic carbocycles. The summed E-state index contributed by atoms with van der Waals surface area (Å²) < 4.78 is 5.93. The molecule has 0 radical (unpaired) electrons. The number of rotatable bonds is 4. The predicted octanol–water partition coefficient (Wildman–Crippen LogP) is 0.568. The highest BCUT2D eigenvalue weighted by atomic mass is 79.9. The van der Waals surface area contributed by atoms with Gasteiger partial charge < -0.3 is 15.2 Å². The van der Waals surface area contributed by atoms with E-state index in [4.69, 9.17) is 9.84 Å². The van der Waals surface area contributed by atoms with Crippen molar-refractivity contribution in [2.24, 2.45) is 0 Å². The molecule has 2 rings (SSSR count). The van der Waals surface area contributed by atoms with Crippen LogP contribution in [-0.4, -0.2) is 59.2 Å². The van der Waals surface area contributed by atoms with Crippen LogP contribution in [0.5, 0.6) is 0 Å². The van der Waals surface area contributed by atoms with E-state index in [1.807, 2.05) is 0 Å². The van der Waals surface area contributed by atoms with Gasteiger partial charge >= 0.3 is 5.97 Å². The van der Waals surface area contributed by atoms with Crippen molar-refractivity contribution >= 4 is 33.6 Å². The summed E-state index contributed by atoms with van der Waals surface area (Å²) in [7, 11) is 0. The third-order valence-electron chi connectivity index (χ3n) is 2.87. The zero-order valence-corrected chi connectivity index (χ0v) is 12.2. The minimum atomic E-state index is -0.987. The van der Waals surface area contributed by atoms with Gasteiger partial charge in [0.05, 0.1) is 19.8 Å². The zero-order valence-electron chi connectivity index (χ0n) is 10.6. The second-order valence-electron chi connectivity index (χ2n) is 4.31. The van der Waals surface area contributed by atoms with E-state index in [2.05, 4.69) is 26.2 Å². The summed E-state index contributed by atoms with van der Waals surface area (Å²) in [4.78, 5) is 28.6. The second-order valence-corrected chi connectivity index (χ2v) is 5.22. The fraction of sp³-hybridized carbons (Fsp3) is 0.417. The van der Waals surface area contributed by atoms with Crippen molar-refractivity contribution in [3.05, 3.63) is 22.8 Å². The van der Waals surface area contributed by atoms with Crippen LogP contribution < -0.4 is 5.32 Å². The summed E-state index contributed by atoms with van der Waals surface area (Å²) in [5.74, 6) is -0.856. The van der Waals surface area contributed by atoms with E-state index in [9.17, 15) is 9.59 Å². The molecule has 1 atom stereocenters. The van der Waals surface area contributed by atoms with Crippen LogP contribution in [-0.2, 0) is 14.3 Å². The molecule has 2 N–H and O–H groups in total. The van der Waals surface area contributed by atoms with Gasteiger partial charge in [0.25, 0.3) is 0 Å². The first-order valence-electron chi connectivity index (χ1n) is 6.02. The van der Waals surface area contributed by atoms with Crippen molar-refractivity contribution in [1.29, 1.82) is 0 Å². The average molecular weight is 344 g/mol. The van der Waals surface area contributed by atoms with Gasteiger partial charge in [-0.05, 0) is 28.1 Å². The number of amides is 1. The Morgan fingerprint density at radius 2 is 2.35 bits per heavy atom. The normalized spacial score (nSPS) is 19.6. The van der Waals surface area contributed by atoms with Gasteiger partial charge in [0.2, 0.25) is 5.91 Å². The first-order chi connectivity index (χ1) is 9.56. The highest BCUT2D eigenvalue weighted by molar-refractivity contribution is 9.10. The summed E-state index contributed by atoms with van der Waals surface area (Å²) in [5.41, 5.74) is 0. The summed E-state index contributed by atoms with van der Waals surface area (Å²) in [6.45, 7) is 0.933. The van der Waals surface area contributed by atoms with Crippen molar-refractivity contribution in [3.63, 3.8) is 0 Å². The van der Waals surface area contributed by atoms with Crippen LogP contribution in [0.4, 0.5) is 5.82 Å². The summed E-state index contributed by atoms with van der Waals surface area (Å²) in [6.07, 6.45) is 1.57. The van der Waals surface area contributed by atoms with Gasteiger partial charge in [-0.25, -0.2) is 4.98 Å². The molecule has 2 heterocycles. The van der Waals surface area contributed by atoms with Gasteiger partial charge in [0, 0.05) is 17.2 Å². The first-order valence-corrected chi connectivity index (χ1v) is 6.81. The number of hydrogen-bond acceptors (Lipinski definition) is 5. The SMILES string of the molecule is O=C(CN1CCOCC1C(=O)O)Nc1ccc(Br)cn1. The standard InChI is InChI=1S/C12H14BrN3O4/c13-8-1-2-10(14-5-8)15-11(17)6-16-3-4-20-7-9(16)12(18)19/h1-2,5,9H,3-4,6-7H2,(H,18,19)(H,14,15,17). The Labute approximate surface area is 124 Å². The number of hydrogen-bond donors (Lipinski definition) is 2. The van der Waals surface area contributed by atoms with Crippen molar-refractivity contribution in [2.75, 3.05) is 31.6 Å².